The van der Waals surface area contributed by atoms with Gasteiger partial charge in [0.1, 0.15) is 18.8 Å². The first kappa shape index (κ1) is 17.1. The summed E-state index contributed by atoms with van der Waals surface area (Å²) in [6.45, 7) is 7.27. The van der Waals surface area contributed by atoms with Gasteiger partial charge in [0.2, 0.25) is 0 Å². The van der Waals surface area contributed by atoms with Crippen molar-refractivity contribution in [2.45, 2.75) is 19.4 Å². The minimum absolute atomic E-state index is 0.100. The Bertz CT molecular complexity index is 478. The van der Waals surface area contributed by atoms with Crippen LogP contribution in [0.25, 0.3) is 0 Å². The number of quaternary nitrogens is 1. The molecule has 0 saturated carbocycles. The molecule has 22 heavy (non-hydrogen) atoms. The molecule has 0 aromatic heterocycles. The number of benzene rings is 1. The van der Waals surface area contributed by atoms with Gasteiger partial charge in [-0.05, 0) is 25.1 Å². The molecule has 1 atom stereocenters. The van der Waals surface area contributed by atoms with Crippen LogP contribution in [0.3, 0.4) is 0 Å². The molecule has 5 nitrogen and oxygen atoms in total. The summed E-state index contributed by atoms with van der Waals surface area (Å²) in [5.74, 6) is 0.505. The van der Waals surface area contributed by atoms with E-state index >= 15 is 0 Å². The second-order valence-electron chi connectivity index (χ2n) is 5.47. The first-order chi connectivity index (χ1) is 10.6. The number of hydrogen-bond acceptors (Lipinski definition) is 3. The summed E-state index contributed by atoms with van der Waals surface area (Å²) in [4.78, 5) is 13.5. The highest BCUT2D eigenvalue weighted by atomic mass is 35.5. The van der Waals surface area contributed by atoms with Crippen molar-refractivity contribution in [3.8, 4) is 5.75 Å². The molecule has 1 aromatic rings. The Morgan fingerprint density at radius 2 is 2.23 bits per heavy atom. The highest BCUT2D eigenvalue weighted by Crippen LogP contribution is 2.18. The maximum atomic E-state index is 12.0. The molecule has 1 heterocycles. The Morgan fingerprint density at radius 3 is 2.95 bits per heavy atom. The van der Waals surface area contributed by atoms with Crippen molar-refractivity contribution in [1.82, 2.24) is 5.32 Å². The lowest BCUT2D eigenvalue weighted by Gasteiger charge is -2.23. The molecule has 122 valence electrons. The van der Waals surface area contributed by atoms with Crippen LogP contribution in [-0.2, 0) is 9.53 Å². The Hall–Kier alpha value is -1.30. The zero-order valence-corrected chi connectivity index (χ0v) is 13.7. The second-order valence-corrected chi connectivity index (χ2v) is 5.91. The van der Waals surface area contributed by atoms with E-state index in [9.17, 15) is 4.79 Å². The molecular weight excluding hydrogens is 304 g/mol. The van der Waals surface area contributed by atoms with E-state index in [0.29, 0.717) is 17.3 Å². The molecule has 0 spiro atoms. The third kappa shape index (κ3) is 5.83. The normalized spacial score (nSPS) is 17.0. The number of carbonyl (C=O) groups is 1. The van der Waals surface area contributed by atoms with Gasteiger partial charge in [-0.3, -0.25) is 4.79 Å². The molecule has 2 N–H and O–H groups in total. The van der Waals surface area contributed by atoms with Crippen molar-refractivity contribution in [1.29, 1.82) is 0 Å². The quantitative estimate of drug-likeness (QED) is 0.718. The van der Waals surface area contributed by atoms with Crippen LogP contribution in [0.1, 0.15) is 13.3 Å². The van der Waals surface area contributed by atoms with Gasteiger partial charge in [0.25, 0.3) is 5.91 Å². The maximum Gasteiger partial charge on any atom is 0.260 e. The fourth-order valence-electron chi connectivity index (χ4n) is 2.40. The number of carbonyl (C=O) groups excluding carboxylic acids is 1. The average Bonchev–Trinajstić information content (AvgIpc) is 2.52. The van der Waals surface area contributed by atoms with Crippen LogP contribution in [0.2, 0.25) is 5.02 Å². The van der Waals surface area contributed by atoms with Crippen LogP contribution in [-0.4, -0.2) is 51.4 Å². The van der Waals surface area contributed by atoms with Crippen LogP contribution in [0.15, 0.2) is 24.3 Å². The third-order valence-electron chi connectivity index (χ3n) is 3.68. The van der Waals surface area contributed by atoms with Crippen molar-refractivity contribution in [2.75, 3.05) is 39.4 Å². The third-order valence-corrected chi connectivity index (χ3v) is 3.92. The zero-order chi connectivity index (χ0) is 15.8. The lowest BCUT2D eigenvalue weighted by atomic mass is 10.3. The number of morpholine rings is 1. The van der Waals surface area contributed by atoms with E-state index in [0.717, 1.165) is 39.3 Å². The number of halogens is 1. The molecule has 1 saturated heterocycles. The summed E-state index contributed by atoms with van der Waals surface area (Å²) in [5.41, 5.74) is 0. The lowest BCUT2D eigenvalue weighted by molar-refractivity contribution is -0.908. The first-order valence-electron chi connectivity index (χ1n) is 7.76. The van der Waals surface area contributed by atoms with Crippen LogP contribution < -0.4 is 15.0 Å². The average molecular weight is 328 g/mol. The molecule has 1 fully saturated rings. The van der Waals surface area contributed by atoms with Gasteiger partial charge in [-0.25, -0.2) is 0 Å². The van der Waals surface area contributed by atoms with Crippen molar-refractivity contribution in [3.05, 3.63) is 29.3 Å². The minimum atomic E-state index is -0.533. The molecule has 0 bridgehead atoms. The zero-order valence-electron chi connectivity index (χ0n) is 12.9. The predicted molar refractivity (Wildman–Crippen MR) is 85.6 cm³/mol. The summed E-state index contributed by atoms with van der Waals surface area (Å²) in [7, 11) is 0. The highest BCUT2D eigenvalue weighted by molar-refractivity contribution is 6.30. The Labute approximate surface area is 136 Å². The monoisotopic (exact) mass is 327 g/mol. The van der Waals surface area contributed by atoms with Crippen LogP contribution in [0.4, 0.5) is 0 Å². The topological polar surface area (TPSA) is 52.0 Å². The van der Waals surface area contributed by atoms with E-state index < -0.39 is 6.10 Å². The lowest BCUT2D eigenvalue weighted by Crippen LogP contribution is -3.14. The van der Waals surface area contributed by atoms with Gasteiger partial charge in [0, 0.05) is 18.0 Å². The summed E-state index contributed by atoms with van der Waals surface area (Å²) in [5, 5.41) is 3.51. The molecule has 1 amide bonds. The number of hydrogen-bond donors (Lipinski definition) is 2. The van der Waals surface area contributed by atoms with Crippen molar-refractivity contribution < 1.29 is 19.2 Å². The minimum Gasteiger partial charge on any atom is -0.481 e. The molecule has 0 unspecified atom stereocenters. The van der Waals surface area contributed by atoms with Gasteiger partial charge in [0.05, 0.1) is 19.8 Å². The number of rotatable bonds is 7. The largest absolute Gasteiger partial charge is 0.481 e. The van der Waals surface area contributed by atoms with Gasteiger partial charge in [-0.1, -0.05) is 17.7 Å². The van der Waals surface area contributed by atoms with Crippen molar-refractivity contribution in [3.63, 3.8) is 0 Å². The first-order valence-corrected chi connectivity index (χ1v) is 8.14. The van der Waals surface area contributed by atoms with Gasteiger partial charge in [-0.15, -0.1) is 0 Å². The predicted octanol–water partition coefficient (Wildman–Crippen LogP) is 0.529. The van der Waals surface area contributed by atoms with Gasteiger partial charge in [0.15, 0.2) is 6.10 Å². The fourth-order valence-corrected chi connectivity index (χ4v) is 2.58. The highest BCUT2D eigenvalue weighted by Gasteiger charge is 2.16. The summed E-state index contributed by atoms with van der Waals surface area (Å²) in [6, 6.07) is 7.06. The molecular formula is C16H24ClN2O3+. The number of ether oxygens (including phenoxy) is 2. The van der Waals surface area contributed by atoms with E-state index in [1.807, 2.05) is 0 Å². The van der Waals surface area contributed by atoms with E-state index in [2.05, 4.69) is 5.32 Å². The molecule has 2 rings (SSSR count). The van der Waals surface area contributed by atoms with E-state index in [4.69, 9.17) is 21.1 Å². The van der Waals surface area contributed by atoms with Gasteiger partial charge in [-0.2, -0.15) is 0 Å². The Kier molecular flexibility index (Phi) is 6.96. The van der Waals surface area contributed by atoms with E-state index in [1.54, 1.807) is 36.1 Å². The van der Waals surface area contributed by atoms with Gasteiger partial charge < -0.3 is 19.7 Å². The maximum absolute atomic E-state index is 12.0. The second kappa shape index (κ2) is 8.98. The molecule has 6 heteroatoms. The molecule has 1 aliphatic rings. The molecule has 1 aromatic carbocycles. The van der Waals surface area contributed by atoms with Crippen LogP contribution >= 0.6 is 11.6 Å². The summed E-state index contributed by atoms with van der Waals surface area (Å²) in [6.07, 6.45) is 0.430. The molecule has 0 aliphatic carbocycles. The van der Waals surface area contributed by atoms with Gasteiger partial charge >= 0.3 is 0 Å². The summed E-state index contributed by atoms with van der Waals surface area (Å²) < 4.78 is 10.9. The number of nitrogens with one attached hydrogen (secondary N) is 2. The van der Waals surface area contributed by atoms with Crippen LogP contribution in [0.5, 0.6) is 5.75 Å². The van der Waals surface area contributed by atoms with E-state index in [-0.39, 0.29) is 5.91 Å². The van der Waals surface area contributed by atoms with Crippen molar-refractivity contribution in [2.24, 2.45) is 0 Å². The molecule has 1 aliphatic heterocycles. The van der Waals surface area contributed by atoms with Crippen molar-refractivity contribution >= 4 is 17.5 Å². The van der Waals surface area contributed by atoms with E-state index in [1.165, 1.54) is 0 Å². The summed E-state index contributed by atoms with van der Waals surface area (Å²) >= 11 is 5.89. The van der Waals surface area contributed by atoms with Crippen LogP contribution in [0, 0.1) is 0 Å². The number of amides is 1. The SMILES string of the molecule is C[C@H](Oc1cccc(Cl)c1)C(=O)NCCC[NH+]1CCOCC1. The fraction of sp³-hybridized carbons (Fsp3) is 0.562. The standard InChI is InChI=1S/C16H23ClN2O3/c1-13(22-15-5-2-4-14(17)12-15)16(20)18-6-3-7-19-8-10-21-11-9-19/h2,4-5,12-13H,3,6-11H2,1H3,(H,18,20)/p+1/t13-/m0/s1. The molecule has 0 radical (unpaired) electrons. The smallest absolute Gasteiger partial charge is 0.260 e. The Balaban J connectivity index is 1.63. The Morgan fingerprint density at radius 1 is 1.45 bits per heavy atom.